The standard InChI is InChI=1S/C14H22N2O3/c1-9-7-11(18-5)12(19-6)8-10(9)15-13(17)16-14(2,3)4/h7-8H,1-6H3,(H2,15,16,17). The van der Waals surface area contributed by atoms with E-state index in [2.05, 4.69) is 10.6 Å². The molecule has 5 nitrogen and oxygen atoms in total. The monoisotopic (exact) mass is 266 g/mol. The topological polar surface area (TPSA) is 59.6 Å². The minimum Gasteiger partial charge on any atom is -0.493 e. The number of nitrogens with one attached hydrogen (secondary N) is 2. The molecular weight excluding hydrogens is 244 g/mol. The lowest BCUT2D eigenvalue weighted by Gasteiger charge is -2.21. The summed E-state index contributed by atoms with van der Waals surface area (Å²) in [6.07, 6.45) is 0. The average molecular weight is 266 g/mol. The second-order valence-corrected chi connectivity index (χ2v) is 5.35. The van der Waals surface area contributed by atoms with Crippen molar-refractivity contribution in [2.45, 2.75) is 33.2 Å². The minimum atomic E-state index is -0.283. The zero-order valence-corrected chi connectivity index (χ0v) is 12.4. The Hall–Kier alpha value is -1.91. The lowest BCUT2D eigenvalue weighted by Crippen LogP contribution is -2.43. The smallest absolute Gasteiger partial charge is 0.319 e. The number of carbonyl (C=O) groups excluding carboxylic acids is 1. The molecule has 0 spiro atoms. The van der Waals surface area contributed by atoms with Gasteiger partial charge in [0, 0.05) is 17.3 Å². The molecule has 0 aliphatic heterocycles. The fraction of sp³-hybridized carbons (Fsp3) is 0.500. The fourth-order valence-corrected chi connectivity index (χ4v) is 1.61. The van der Waals surface area contributed by atoms with E-state index in [-0.39, 0.29) is 11.6 Å². The molecule has 0 atom stereocenters. The van der Waals surface area contributed by atoms with E-state index in [1.165, 1.54) is 0 Å². The number of rotatable bonds is 3. The first kappa shape index (κ1) is 15.1. The van der Waals surface area contributed by atoms with E-state index < -0.39 is 0 Å². The summed E-state index contributed by atoms with van der Waals surface area (Å²) in [4.78, 5) is 11.8. The van der Waals surface area contributed by atoms with E-state index in [0.717, 1.165) is 5.56 Å². The van der Waals surface area contributed by atoms with Crippen LogP contribution in [0.1, 0.15) is 26.3 Å². The zero-order chi connectivity index (χ0) is 14.6. The Kier molecular flexibility index (Phi) is 4.64. The van der Waals surface area contributed by atoms with E-state index in [0.29, 0.717) is 17.2 Å². The minimum absolute atomic E-state index is 0.247. The van der Waals surface area contributed by atoms with Crippen LogP contribution in [0.4, 0.5) is 10.5 Å². The third-order valence-corrected chi connectivity index (χ3v) is 2.47. The van der Waals surface area contributed by atoms with E-state index in [1.807, 2.05) is 33.8 Å². The van der Waals surface area contributed by atoms with Gasteiger partial charge in [-0.25, -0.2) is 4.79 Å². The first-order valence-electron chi connectivity index (χ1n) is 6.08. The van der Waals surface area contributed by atoms with Crippen LogP contribution in [0.15, 0.2) is 12.1 Å². The Balaban J connectivity index is 2.93. The molecule has 0 bridgehead atoms. The van der Waals surface area contributed by atoms with Crippen LogP contribution in [0, 0.1) is 6.92 Å². The molecular formula is C14H22N2O3. The maximum Gasteiger partial charge on any atom is 0.319 e. The second-order valence-electron chi connectivity index (χ2n) is 5.35. The Morgan fingerprint density at radius 2 is 1.63 bits per heavy atom. The summed E-state index contributed by atoms with van der Waals surface area (Å²) in [5.41, 5.74) is 1.32. The number of ether oxygens (including phenoxy) is 2. The molecule has 1 aromatic rings. The van der Waals surface area contributed by atoms with Gasteiger partial charge < -0.3 is 20.1 Å². The van der Waals surface area contributed by atoms with Crippen LogP contribution < -0.4 is 20.1 Å². The van der Waals surface area contributed by atoms with E-state index in [9.17, 15) is 4.79 Å². The van der Waals surface area contributed by atoms with Crippen molar-refractivity contribution in [3.63, 3.8) is 0 Å². The predicted octanol–water partition coefficient (Wildman–Crippen LogP) is 2.93. The number of hydrogen-bond acceptors (Lipinski definition) is 3. The van der Waals surface area contributed by atoms with E-state index >= 15 is 0 Å². The third kappa shape index (κ3) is 4.35. The Morgan fingerprint density at radius 1 is 1.11 bits per heavy atom. The van der Waals surface area contributed by atoms with E-state index in [1.54, 1.807) is 20.3 Å². The van der Waals surface area contributed by atoms with Crippen LogP contribution in [0.5, 0.6) is 11.5 Å². The molecule has 19 heavy (non-hydrogen) atoms. The van der Waals surface area contributed by atoms with Crippen LogP contribution in [0.25, 0.3) is 0 Å². The lowest BCUT2D eigenvalue weighted by molar-refractivity contribution is 0.244. The summed E-state index contributed by atoms with van der Waals surface area (Å²) in [5, 5.41) is 5.65. The van der Waals surface area contributed by atoms with Crippen molar-refractivity contribution in [3.05, 3.63) is 17.7 Å². The van der Waals surface area contributed by atoms with Gasteiger partial charge in [-0.1, -0.05) is 0 Å². The van der Waals surface area contributed by atoms with Crippen molar-refractivity contribution in [1.82, 2.24) is 5.32 Å². The van der Waals surface area contributed by atoms with Crippen molar-refractivity contribution in [2.75, 3.05) is 19.5 Å². The molecule has 5 heteroatoms. The average Bonchev–Trinajstić information content (AvgIpc) is 2.28. The zero-order valence-electron chi connectivity index (χ0n) is 12.4. The predicted molar refractivity (Wildman–Crippen MR) is 76.2 cm³/mol. The normalized spacial score (nSPS) is 10.8. The summed E-state index contributed by atoms with van der Waals surface area (Å²) >= 11 is 0. The van der Waals surface area contributed by atoms with Gasteiger partial charge in [-0.2, -0.15) is 0 Å². The summed E-state index contributed by atoms with van der Waals surface area (Å²) in [7, 11) is 3.14. The molecule has 0 saturated carbocycles. The van der Waals surface area contributed by atoms with Crippen molar-refractivity contribution >= 4 is 11.7 Å². The van der Waals surface area contributed by atoms with Gasteiger partial charge in [0.05, 0.1) is 14.2 Å². The molecule has 0 saturated heterocycles. The number of amides is 2. The SMILES string of the molecule is COc1cc(C)c(NC(=O)NC(C)(C)C)cc1OC. The molecule has 0 unspecified atom stereocenters. The molecule has 0 aliphatic rings. The molecule has 0 aliphatic carbocycles. The maximum atomic E-state index is 11.8. The third-order valence-electron chi connectivity index (χ3n) is 2.47. The fourth-order valence-electron chi connectivity index (χ4n) is 1.61. The van der Waals surface area contributed by atoms with Gasteiger partial charge in [-0.3, -0.25) is 0 Å². The summed E-state index contributed by atoms with van der Waals surface area (Å²) < 4.78 is 10.4. The lowest BCUT2D eigenvalue weighted by atomic mass is 10.1. The van der Waals surface area contributed by atoms with Crippen LogP contribution >= 0.6 is 0 Å². The van der Waals surface area contributed by atoms with E-state index in [4.69, 9.17) is 9.47 Å². The van der Waals surface area contributed by atoms with Crippen molar-refractivity contribution < 1.29 is 14.3 Å². The van der Waals surface area contributed by atoms with Gasteiger partial charge in [-0.15, -0.1) is 0 Å². The summed E-state index contributed by atoms with van der Waals surface area (Å²) in [6, 6.07) is 3.32. The summed E-state index contributed by atoms with van der Waals surface area (Å²) in [6.45, 7) is 7.67. The van der Waals surface area contributed by atoms with Gasteiger partial charge in [0.25, 0.3) is 0 Å². The number of hydrogen-bond donors (Lipinski definition) is 2. The Bertz CT molecular complexity index is 464. The molecule has 1 rings (SSSR count). The summed E-state index contributed by atoms with van der Waals surface area (Å²) in [5.74, 6) is 1.22. The quantitative estimate of drug-likeness (QED) is 0.884. The second kappa shape index (κ2) is 5.82. The first-order chi connectivity index (χ1) is 8.76. The number of urea groups is 1. The largest absolute Gasteiger partial charge is 0.493 e. The highest BCUT2D eigenvalue weighted by atomic mass is 16.5. The molecule has 0 radical (unpaired) electrons. The number of anilines is 1. The molecule has 2 N–H and O–H groups in total. The van der Waals surface area contributed by atoms with Crippen LogP contribution in [0.3, 0.4) is 0 Å². The highest BCUT2D eigenvalue weighted by molar-refractivity contribution is 5.91. The maximum absolute atomic E-state index is 11.8. The molecule has 2 amide bonds. The van der Waals surface area contributed by atoms with Crippen molar-refractivity contribution in [1.29, 1.82) is 0 Å². The van der Waals surface area contributed by atoms with Gasteiger partial charge in [0.2, 0.25) is 0 Å². The highest BCUT2D eigenvalue weighted by Crippen LogP contribution is 2.32. The van der Waals surface area contributed by atoms with Crippen molar-refractivity contribution in [3.8, 4) is 11.5 Å². The van der Waals surface area contributed by atoms with Gasteiger partial charge in [0.1, 0.15) is 0 Å². The number of aryl methyl sites for hydroxylation is 1. The van der Waals surface area contributed by atoms with Crippen LogP contribution in [-0.4, -0.2) is 25.8 Å². The van der Waals surface area contributed by atoms with Gasteiger partial charge in [-0.05, 0) is 39.3 Å². The molecule has 0 heterocycles. The number of benzene rings is 1. The first-order valence-corrected chi connectivity index (χ1v) is 6.08. The molecule has 0 fully saturated rings. The Morgan fingerprint density at radius 3 is 2.11 bits per heavy atom. The number of carbonyl (C=O) groups is 1. The molecule has 106 valence electrons. The van der Waals surface area contributed by atoms with Crippen LogP contribution in [-0.2, 0) is 0 Å². The molecule has 1 aromatic carbocycles. The molecule has 0 aromatic heterocycles. The van der Waals surface area contributed by atoms with Gasteiger partial charge in [0.15, 0.2) is 11.5 Å². The van der Waals surface area contributed by atoms with Gasteiger partial charge >= 0.3 is 6.03 Å². The number of methoxy groups -OCH3 is 2. The van der Waals surface area contributed by atoms with Crippen molar-refractivity contribution in [2.24, 2.45) is 0 Å². The highest BCUT2D eigenvalue weighted by Gasteiger charge is 2.15. The Labute approximate surface area is 114 Å². The van der Waals surface area contributed by atoms with Crippen LogP contribution in [0.2, 0.25) is 0 Å².